The zero-order valence-corrected chi connectivity index (χ0v) is 18.2. The lowest BCUT2D eigenvalue weighted by molar-refractivity contribution is -0.119. The largest absolute Gasteiger partial charge is 0.488 e. The minimum Gasteiger partial charge on any atom is -0.488 e. The van der Waals surface area contributed by atoms with E-state index in [0.29, 0.717) is 19.0 Å². The molecule has 31 heavy (non-hydrogen) atoms. The van der Waals surface area contributed by atoms with Crippen molar-refractivity contribution in [2.75, 3.05) is 13.2 Å². The molecule has 1 saturated heterocycles. The van der Waals surface area contributed by atoms with E-state index >= 15 is 0 Å². The van der Waals surface area contributed by atoms with Gasteiger partial charge in [0.2, 0.25) is 5.91 Å². The third kappa shape index (κ3) is 3.69. The normalized spacial score (nSPS) is 20.3. The van der Waals surface area contributed by atoms with Crippen molar-refractivity contribution in [3.63, 3.8) is 0 Å². The number of hydrogen-bond acceptors (Lipinski definition) is 5. The molecule has 8 heteroatoms. The Morgan fingerprint density at radius 2 is 2.13 bits per heavy atom. The van der Waals surface area contributed by atoms with E-state index in [9.17, 15) is 9.90 Å². The number of nitrogens with one attached hydrogen (secondary N) is 1. The molecule has 0 radical (unpaired) electrons. The molecule has 1 amide bonds. The van der Waals surface area contributed by atoms with Crippen molar-refractivity contribution in [1.29, 1.82) is 0 Å². The average Bonchev–Trinajstić information content (AvgIpc) is 3.15. The number of hydrogen-bond donors (Lipinski definition) is 2. The van der Waals surface area contributed by atoms with Crippen molar-refractivity contribution in [3.05, 3.63) is 30.9 Å². The molecule has 1 aromatic carbocycles. The standard InChI is InChI=1S/C23H29N5O3/c1-14(16-8-21(30)24-9-16)31-20-7-15(17-10-26-28(11-17)23(2,3)12-29)6-19-22(20)27(13-25-19)18-4-5-18/h6-7,10-11,13-14,16,18,29H,4-5,8-9,12H2,1-3H3,(H,24,30)/t14-,16?/m1/s1. The number of nitrogens with zero attached hydrogens (tertiary/aromatic N) is 4. The summed E-state index contributed by atoms with van der Waals surface area (Å²) < 4.78 is 10.5. The molecule has 1 aliphatic heterocycles. The van der Waals surface area contributed by atoms with E-state index in [2.05, 4.69) is 32.1 Å². The molecular formula is C23H29N5O3. The predicted octanol–water partition coefficient (Wildman–Crippen LogP) is 2.87. The molecule has 164 valence electrons. The van der Waals surface area contributed by atoms with Crippen molar-refractivity contribution in [3.8, 4) is 16.9 Å². The average molecular weight is 424 g/mol. The van der Waals surface area contributed by atoms with Crippen LogP contribution in [0.5, 0.6) is 5.75 Å². The second kappa shape index (κ2) is 7.37. The first kappa shape index (κ1) is 20.1. The first-order chi connectivity index (χ1) is 14.9. The maximum atomic E-state index is 11.7. The number of aliphatic hydroxyl groups is 1. The molecule has 1 unspecified atom stereocenters. The van der Waals surface area contributed by atoms with Crippen LogP contribution in [0.2, 0.25) is 0 Å². The van der Waals surface area contributed by atoms with E-state index in [1.165, 1.54) is 0 Å². The molecule has 0 bridgehead atoms. The van der Waals surface area contributed by atoms with Crippen LogP contribution in [0, 0.1) is 5.92 Å². The topological polar surface area (TPSA) is 94.2 Å². The van der Waals surface area contributed by atoms with E-state index in [-0.39, 0.29) is 24.5 Å². The highest BCUT2D eigenvalue weighted by molar-refractivity contribution is 5.88. The number of amides is 1. The van der Waals surface area contributed by atoms with Crippen LogP contribution in [-0.2, 0) is 10.3 Å². The van der Waals surface area contributed by atoms with Gasteiger partial charge in [-0.15, -0.1) is 0 Å². The van der Waals surface area contributed by atoms with Gasteiger partial charge in [0.15, 0.2) is 0 Å². The summed E-state index contributed by atoms with van der Waals surface area (Å²) >= 11 is 0. The second-order valence-electron chi connectivity index (χ2n) is 9.46. The Labute approximate surface area is 181 Å². The van der Waals surface area contributed by atoms with Crippen LogP contribution in [0.3, 0.4) is 0 Å². The predicted molar refractivity (Wildman–Crippen MR) is 117 cm³/mol. The zero-order chi connectivity index (χ0) is 21.8. The van der Waals surface area contributed by atoms with Gasteiger partial charge in [0, 0.05) is 36.7 Å². The third-order valence-electron chi connectivity index (χ3n) is 6.48. The van der Waals surface area contributed by atoms with E-state index in [1.807, 2.05) is 39.5 Å². The fourth-order valence-corrected chi connectivity index (χ4v) is 4.15. The van der Waals surface area contributed by atoms with Gasteiger partial charge >= 0.3 is 0 Å². The van der Waals surface area contributed by atoms with E-state index < -0.39 is 5.54 Å². The highest BCUT2D eigenvalue weighted by Gasteiger charge is 2.31. The summed E-state index contributed by atoms with van der Waals surface area (Å²) in [5.41, 5.74) is 3.34. The van der Waals surface area contributed by atoms with Crippen LogP contribution in [0.25, 0.3) is 22.2 Å². The quantitative estimate of drug-likeness (QED) is 0.609. The summed E-state index contributed by atoms with van der Waals surface area (Å²) in [6.45, 7) is 6.56. The molecule has 2 N–H and O–H groups in total. The number of imidazole rings is 1. The maximum Gasteiger partial charge on any atom is 0.220 e. The number of benzene rings is 1. The van der Waals surface area contributed by atoms with Crippen molar-refractivity contribution < 1.29 is 14.6 Å². The second-order valence-corrected chi connectivity index (χ2v) is 9.46. The molecule has 3 heterocycles. The Bertz CT molecular complexity index is 1130. The highest BCUT2D eigenvalue weighted by atomic mass is 16.5. The van der Waals surface area contributed by atoms with Crippen molar-refractivity contribution >= 4 is 16.9 Å². The highest BCUT2D eigenvalue weighted by Crippen LogP contribution is 2.41. The summed E-state index contributed by atoms with van der Waals surface area (Å²) in [5, 5.41) is 17.0. The molecule has 8 nitrogen and oxygen atoms in total. The molecule has 1 aliphatic carbocycles. The minimum atomic E-state index is -0.480. The van der Waals surface area contributed by atoms with Crippen molar-refractivity contribution in [2.24, 2.45) is 5.92 Å². The fourth-order valence-electron chi connectivity index (χ4n) is 4.15. The minimum absolute atomic E-state index is 0.00102. The zero-order valence-electron chi connectivity index (χ0n) is 18.2. The lowest BCUT2D eigenvalue weighted by Crippen LogP contribution is -2.30. The summed E-state index contributed by atoms with van der Waals surface area (Å²) in [4.78, 5) is 16.3. The Balaban J connectivity index is 1.54. The molecule has 1 saturated carbocycles. The Morgan fingerprint density at radius 1 is 1.32 bits per heavy atom. The van der Waals surface area contributed by atoms with Gasteiger partial charge in [-0.2, -0.15) is 5.10 Å². The number of aliphatic hydroxyl groups excluding tert-OH is 1. The van der Waals surface area contributed by atoms with E-state index in [0.717, 1.165) is 40.8 Å². The Hall–Kier alpha value is -2.87. The van der Waals surface area contributed by atoms with Gasteiger partial charge in [-0.3, -0.25) is 9.48 Å². The number of fused-ring (bicyclic) bond motifs is 1. The van der Waals surface area contributed by atoms with Crippen molar-refractivity contribution in [2.45, 2.75) is 57.7 Å². The molecule has 0 spiro atoms. The summed E-state index contributed by atoms with van der Waals surface area (Å²) in [6.07, 6.45) is 8.37. The van der Waals surface area contributed by atoms with Crippen LogP contribution in [-0.4, -0.2) is 49.6 Å². The SMILES string of the molecule is C[C@@H](Oc1cc(-c2cnn(C(C)(C)CO)c2)cc2ncn(C3CC3)c12)C1CNC(=O)C1. The van der Waals surface area contributed by atoms with E-state index in [4.69, 9.17) is 4.74 Å². The first-order valence-corrected chi connectivity index (χ1v) is 11.0. The van der Waals surface area contributed by atoms with Gasteiger partial charge in [-0.25, -0.2) is 4.98 Å². The molecule has 2 atom stereocenters. The van der Waals surface area contributed by atoms with Gasteiger partial charge in [-0.1, -0.05) is 0 Å². The number of carbonyl (C=O) groups excluding carboxylic acids is 1. The number of ether oxygens (including phenoxy) is 1. The number of aromatic nitrogens is 4. The van der Waals surface area contributed by atoms with E-state index in [1.54, 1.807) is 4.68 Å². The molecule has 2 aliphatic rings. The monoisotopic (exact) mass is 423 g/mol. The molecule has 2 fully saturated rings. The fraction of sp³-hybridized carbons (Fsp3) is 0.522. The summed E-state index contributed by atoms with van der Waals surface area (Å²) in [7, 11) is 0. The van der Waals surface area contributed by atoms with Crippen LogP contribution in [0.1, 0.15) is 46.1 Å². The van der Waals surface area contributed by atoms with Gasteiger partial charge in [-0.05, 0) is 51.3 Å². The van der Waals surface area contributed by atoms with Gasteiger partial charge < -0.3 is 19.7 Å². The van der Waals surface area contributed by atoms with Crippen LogP contribution in [0.15, 0.2) is 30.9 Å². The molecule has 5 rings (SSSR count). The Morgan fingerprint density at radius 3 is 2.81 bits per heavy atom. The van der Waals surface area contributed by atoms with Crippen molar-refractivity contribution in [1.82, 2.24) is 24.6 Å². The van der Waals surface area contributed by atoms with Crippen LogP contribution >= 0.6 is 0 Å². The molecular weight excluding hydrogens is 394 g/mol. The van der Waals surface area contributed by atoms with Crippen LogP contribution < -0.4 is 10.1 Å². The molecule has 3 aromatic rings. The van der Waals surface area contributed by atoms with Gasteiger partial charge in [0.25, 0.3) is 0 Å². The molecule has 2 aromatic heterocycles. The smallest absolute Gasteiger partial charge is 0.220 e. The summed E-state index contributed by atoms with van der Waals surface area (Å²) in [5.74, 6) is 1.02. The third-order valence-corrected chi connectivity index (χ3v) is 6.48. The van der Waals surface area contributed by atoms with Gasteiger partial charge in [0.05, 0.1) is 30.2 Å². The Kier molecular flexibility index (Phi) is 4.77. The number of rotatable bonds is 7. The van der Waals surface area contributed by atoms with Gasteiger partial charge in [0.1, 0.15) is 17.4 Å². The first-order valence-electron chi connectivity index (χ1n) is 11.0. The number of carbonyl (C=O) groups is 1. The lowest BCUT2D eigenvalue weighted by atomic mass is 10.0. The lowest BCUT2D eigenvalue weighted by Gasteiger charge is -2.22. The summed E-state index contributed by atoms with van der Waals surface area (Å²) in [6, 6.07) is 4.60. The van der Waals surface area contributed by atoms with Crippen LogP contribution in [0.4, 0.5) is 0 Å². The maximum absolute atomic E-state index is 11.7.